The lowest BCUT2D eigenvalue weighted by Gasteiger charge is -2.35. The Balaban J connectivity index is 1.48. The Kier molecular flexibility index (Phi) is 5.99. The van der Waals surface area contributed by atoms with E-state index in [1.165, 1.54) is 17.1 Å². The molecule has 2 heterocycles. The van der Waals surface area contributed by atoms with E-state index in [9.17, 15) is 9.59 Å². The van der Waals surface area contributed by atoms with E-state index < -0.39 is 6.04 Å². The Bertz CT molecular complexity index is 1030. The molecule has 1 aliphatic heterocycles. The van der Waals surface area contributed by atoms with Crippen LogP contribution in [0.2, 0.25) is 0 Å². The molecule has 1 fully saturated rings. The first-order chi connectivity index (χ1) is 14.6. The number of piperazine rings is 1. The van der Waals surface area contributed by atoms with Gasteiger partial charge in [-0.25, -0.2) is 9.97 Å². The fraction of sp³-hybridized carbons (Fsp3) is 0.304. The van der Waals surface area contributed by atoms with Gasteiger partial charge in [0.2, 0.25) is 11.8 Å². The maximum atomic E-state index is 12.8. The molecule has 1 N–H and O–H groups in total. The number of nitrogens with zero attached hydrogens (tertiary/aromatic N) is 4. The first-order valence-corrected chi connectivity index (χ1v) is 10.1. The van der Waals surface area contributed by atoms with Crippen molar-refractivity contribution in [1.82, 2.24) is 25.1 Å². The normalized spacial score (nSPS) is 17.0. The summed E-state index contributed by atoms with van der Waals surface area (Å²) in [7, 11) is 1.74. The standard InChI is InChI=1S/C23H25N5O2/c1-27(15-19-9-10-24-16-26-19)22(29)13-21-23(30)25-11-12-28(21)14-18-7-4-6-17-5-2-3-8-20(17)18/h2-10,16,21H,11-15H2,1H3,(H,25,30). The molecule has 0 radical (unpaired) electrons. The molecule has 0 saturated carbocycles. The van der Waals surface area contributed by atoms with Crippen molar-refractivity contribution >= 4 is 22.6 Å². The van der Waals surface area contributed by atoms with Crippen molar-refractivity contribution in [3.8, 4) is 0 Å². The van der Waals surface area contributed by atoms with E-state index >= 15 is 0 Å². The summed E-state index contributed by atoms with van der Waals surface area (Å²) >= 11 is 0. The molecule has 0 spiro atoms. The molecule has 3 aromatic rings. The van der Waals surface area contributed by atoms with Crippen molar-refractivity contribution in [1.29, 1.82) is 0 Å². The average Bonchev–Trinajstić information content (AvgIpc) is 2.77. The molecule has 1 atom stereocenters. The van der Waals surface area contributed by atoms with Gasteiger partial charge in [0, 0.05) is 32.9 Å². The molecular weight excluding hydrogens is 378 g/mol. The number of amides is 2. The Hall–Kier alpha value is -3.32. The van der Waals surface area contributed by atoms with E-state index in [0.717, 1.165) is 11.3 Å². The van der Waals surface area contributed by atoms with Crippen LogP contribution in [0.3, 0.4) is 0 Å². The topological polar surface area (TPSA) is 78.4 Å². The molecule has 2 amide bonds. The summed E-state index contributed by atoms with van der Waals surface area (Å²) in [6.45, 7) is 2.31. The molecule has 7 heteroatoms. The van der Waals surface area contributed by atoms with Crippen molar-refractivity contribution in [3.63, 3.8) is 0 Å². The van der Waals surface area contributed by atoms with Gasteiger partial charge in [-0.15, -0.1) is 0 Å². The van der Waals surface area contributed by atoms with Crippen LogP contribution in [0.4, 0.5) is 0 Å². The number of carbonyl (C=O) groups is 2. The minimum Gasteiger partial charge on any atom is -0.353 e. The van der Waals surface area contributed by atoms with Gasteiger partial charge in [-0.05, 0) is 22.4 Å². The Labute approximate surface area is 175 Å². The second-order valence-electron chi connectivity index (χ2n) is 7.57. The molecule has 154 valence electrons. The fourth-order valence-corrected chi connectivity index (χ4v) is 3.89. The SMILES string of the molecule is CN(Cc1ccncn1)C(=O)CC1C(=O)NCCN1Cc1cccc2ccccc12. The summed E-state index contributed by atoms with van der Waals surface area (Å²) < 4.78 is 0. The van der Waals surface area contributed by atoms with Crippen LogP contribution < -0.4 is 5.32 Å². The van der Waals surface area contributed by atoms with Crippen molar-refractivity contribution in [2.24, 2.45) is 0 Å². The van der Waals surface area contributed by atoms with E-state index in [0.29, 0.717) is 26.2 Å². The smallest absolute Gasteiger partial charge is 0.237 e. The first kappa shape index (κ1) is 20.0. The number of carbonyl (C=O) groups excluding carboxylic acids is 2. The van der Waals surface area contributed by atoms with Crippen LogP contribution in [0.1, 0.15) is 17.7 Å². The number of hydrogen-bond donors (Lipinski definition) is 1. The van der Waals surface area contributed by atoms with E-state index in [1.807, 2.05) is 18.2 Å². The summed E-state index contributed by atoms with van der Waals surface area (Å²) in [5, 5.41) is 5.26. The van der Waals surface area contributed by atoms with Gasteiger partial charge in [0.25, 0.3) is 0 Å². The third kappa shape index (κ3) is 4.46. The van der Waals surface area contributed by atoms with Gasteiger partial charge in [-0.1, -0.05) is 42.5 Å². The van der Waals surface area contributed by atoms with Gasteiger partial charge >= 0.3 is 0 Å². The van der Waals surface area contributed by atoms with E-state index in [2.05, 4.69) is 44.5 Å². The highest BCUT2D eigenvalue weighted by Gasteiger charge is 2.32. The number of fused-ring (bicyclic) bond motifs is 1. The summed E-state index contributed by atoms with van der Waals surface area (Å²) in [6, 6.07) is 15.8. The minimum atomic E-state index is -0.488. The predicted octanol–water partition coefficient (Wildman–Crippen LogP) is 1.98. The van der Waals surface area contributed by atoms with E-state index in [-0.39, 0.29) is 18.2 Å². The van der Waals surface area contributed by atoms with Crippen LogP contribution in [0, 0.1) is 0 Å². The van der Waals surface area contributed by atoms with Crippen LogP contribution in [0.25, 0.3) is 10.8 Å². The molecule has 30 heavy (non-hydrogen) atoms. The molecule has 1 aliphatic rings. The summed E-state index contributed by atoms with van der Waals surface area (Å²) in [5.41, 5.74) is 1.93. The highest BCUT2D eigenvalue weighted by atomic mass is 16.2. The summed E-state index contributed by atoms with van der Waals surface area (Å²) in [6.07, 6.45) is 3.26. The largest absolute Gasteiger partial charge is 0.353 e. The van der Waals surface area contributed by atoms with Crippen molar-refractivity contribution in [2.45, 2.75) is 25.6 Å². The Morgan fingerprint density at radius 1 is 1.20 bits per heavy atom. The number of aromatic nitrogens is 2. The minimum absolute atomic E-state index is 0.0846. The van der Waals surface area contributed by atoms with Gasteiger partial charge in [0.15, 0.2) is 0 Å². The van der Waals surface area contributed by atoms with Gasteiger partial charge in [0.05, 0.1) is 24.7 Å². The number of nitrogens with one attached hydrogen (secondary N) is 1. The lowest BCUT2D eigenvalue weighted by Crippen LogP contribution is -2.56. The average molecular weight is 403 g/mol. The fourth-order valence-electron chi connectivity index (χ4n) is 3.89. The molecule has 1 saturated heterocycles. The van der Waals surface area contributed by atoms with Crippen LogP contribution in [-0.4, -0.2) is 57.8 Å². The zero-order valence-corrected chi connectivity index (χ0v) is 17.0. The molecule has 0 aliphatic carbocycles. The molecule has 0 bridgehead atoms. The molecule has 1 aromatic heterocycles. The zero-order chi connectivity index (χ0) is 20.9. The van der Waals surface area contributed by atoms with Gasteiger partial charge in [-0.2, -0.15) is 0 Å². The van der Waals surface area contributed by atoms with Crippen LogP contribution >= 0.6 is 0 Å². The Morgan fingerprint density at radius 2 is 2.03 bits per heavy atom. The van der Waals surface area contributed by atoms with Crippen molar-refractivity contribution < 1.29 is 9.59 Å². The number of benzene rings is 2. The second kappa shape index (κ2) is 9.00. The lowest BCUT2D eigenvalue weighted by atomic mass is 10.0. The highest BCUT2D eigenvalue weighted by molar-refractivity contribution is 5.89. The van der Waals surface area contributed by atoms with Crippen LogP contribution in [-0.2, 0) is 22.7 Å². The molecule has 7 nitrogen and oxygen atoms in total. The quantitative estimate of drug-likeness (QED) is 0.681. The summed E-state index contributed by atoms with van der Waals surface area (Å²) in [4.78, 5) is 37.3. The van der Waals surface area contributed by atoms with Gasteiger partial charge in [-0.3, -0.25) is 14.5 Å². The van der Waals surface area contributed by atoms with Gasteiger partial charge < -0.3 is 10.2 Å². The number of hydrogen-bond acceptors (Lipinski definition) is 5. The Morgan fingerprint density at radius 3 is 2.87 bits per heavy atom. The monoisotopic (exact) mass is 403 g/mol. The lowest BCUT2D eigenvalue weighted by molar-refractivity contribution is -0.138. The molecule has 2 aromatic carbocycles. The van der Waals surface area contributed by atoms with Crippen molar-refractivity contribution in [3.05, 3.63) is 72.3 Å². The highest BCUT2D eigenvalue weighted by Crippen LogP contribution is 2.22. The maximum Gasteiger partial charge on any atom is 0.237 e. The molecule has 4 rings (SSSR count). The summed E-state index contributed by atoms with van der Waals surface area (Å²) in [5.74, 6) is -0.177. The van der Waals surface area contributed by atoms with E-state index in [1.54, 1.807) is 24.2 Å². The number of rotatable bonds is 6. The first-order valence-electron chi connectivity index (χ1n) is 10.1. The third-order valence-corrected chi connectivity index (χ3v) is 5.53. The van der Waals surface area contributed by atoms with Crippen LogP contribution in [0.5, 0.6) is 0 Å². The molecular formula is C23H25N5O2. The zero-order valence-electron chi connectivity index (χ0n) is 17.0. The van der Waals surface area contributed by atoms with Gasteiger partial charge in [0.1, 0.15) is 6.33 Å². The molecule has 1 unspecified atom stereocenters. The maximum absolute atomic E-state index is 12.8. The predicted molar refractivity (Wildman–Crippen MR) is 114 cm³/mol. The van der Waals surface area contributed by atoms with E-state index in [4.69, 9.17) is 0 Å². The second-order valence-corrected chi connectivity index (χ2v) is 7.57. The van der Waals surface area contributed by atoms with Crippen LogP contribution in [0.15, 0.2) is 61.1 Å². The van der Waals surface area contributed by atoms with Crippen molar-refractivity contribution in [2.75, 3.05) is 20.1 Å². The third-order valence-electron chi connectivity index (χ3n) is 5.53.